The Hall–Kier alpha value is -2.07. The molecule has 130 valence electrons. The van der Waals surface area contributed by atoms with Gasteiger partial charge < -0.3 is 10.1 Å². The van der Waals surface area contributed by atoms with Crippen molar-refractivity contribution in [1.29, 1.82) is 0 Å². The van der Waals surface area contributed by atoms with Crippen LogP contribution in [0, 0.1) is 0 Å². The highest BCUT2D eigenvalue weighted by molar-refractivity contribution is 6.30. The lowest BCUT2D eigenvalue weighted by molar-refractivity contribution is 0.173. The van der Waals surface area contributed by atoms with Crippen LogP contribution in [0.15, 0.2) is 66.7 Å². The molecule has 0 aliphatic heterocycles. The molecule has 3 aromatic carbocycles. The predicted octanol–water partition coefficient (Wildman–Crippen LogP) is 4.95. The molecule has 0 aliphatic carbocycles. The average molecular weight is 355 g/mol. The van der Waals surface area contributed by atoms with Crippen LogP contribution in [-0.2, 0) is 0 Å². The van der Waals surface area contributed by atoms with Gasteiger partial charge in [0.25, 0.3) is 0 Å². The van der Waals surface area contributed by atoms with Crippen LogP contribution < -0.4 is 10.4 Å². The second-order valence-corrected chi connectivity index (χ2v) is 6.52. The van der Waals surface area contributed by atoms with Crippen molar-refractivity contribution in [3.63, 3.8) is 0 Å². The largest absolute Gasteiger partial charge is 0.387 e. The van der Waals surface area contributed by atoms with Crippen LogP contribution in [0.2, 0.25) is 5.02 Å². The van der Waals surface area contributed by atoms with Gasteiger partial charge in [-0.15, -0.1) is 0 Å². The van der Waals surface area contributed by atoms with Gasteiger partial charge >= 0.3 is 0 Å². The van der Waals surface area contributed by atoms with Crippen molar-refractivity contribution in [2.24, 2.45) is 0 Å². The minimum Gasteiger partial charge on any atom is -0.387 e. The van der Waals surface area contributed by atoms with Crippen LogP contribution >= 0.6 is 11.6 Å². The van der Waals surface area contributed by atoms with Crippen molar-refractivity contribution >= 4 is 28.1 Å². The number of hydrogen-bond donors (Lipinski definition) is 2. The highest BCUT2D eigenvalue weighted by atomic mass is 35.5. The fourth-order valence-electron chi connectivity index (χ4n) is 2.98. The lowest BCUT2D eigenvalue weighted by Gasteiger charge is -2.28. The highest BCUT2D eigenvalue weighted by Gasteiger charge is 2.13. The van der Waals surface area contributed by atoms with Crippen LogP contribution in [0.3, 0.4) is 0 Å². The predicted molar refractivity (Wildman–Crippen MR) is 106 cm³/mol. The van der Waals surface area contributed by atoms with E-state index in [2.05, 4.69) is 53.8 Å². The first kappa shape index (κ1) is 17.7. The van der Waals surface area contributed by atoms with Crippen LogP contribution in [-0.4, -0.2) is 18.2 Å². The van der Waals surface area contributed by atoms with E-state index in [1.54, 1.807) is 6.07 Å². The zero-order valence-electron chi connectivity index (χ0n) is 14.3. The maximum absolute atomic E-state index is 10.5. The summed E-state index contributed by atoms with van der Waals surface area (Å²) in [5.74, 6) is 0. The number of rotatable bonds is 7. The standard InChI is InChI=1S/C21H23ClN2O/c1-2-13-24(20-12-6-8-16-7-3-4-11-19(16)20)23-15-21(25)17-9-5-10-18(22)14-17/h3-12,14,21,23,25H,2,13,15H2,1H3/t21-/m0/s1. The Morgan fingerprint density at radius 1 is 1.04 bits per heavy atom. The summed E-state index contributed by atoms with van der Waals surface area (Å²) in [6.07, 6.45) is 0.386. The van der Waals surface area contributed by atoms with Crippen molar-refractivity contribution < 1.29 is 5.11 Å². The van der Waals surface area contributed by atoms with Gasteiger partial charge in [0.2, 0.25) is 0 Å². The quantitative estimate of drug-likeness (QED) is 0.589. The van der Waals surface area contributed by atoms with Gasteiger partial charge in [0.1, 0.15) is 0 Å². The SMILES string of the molecule is CCCN(NC[C@H](O)c1cccc(Cl)c1)c1cccc2ccccc12. The van der Waals surface area contributed by atoms with E-state index in [9.17, 15) is 5.11 Å². The molecule has 0 unspecified atom stereocenters. The molecular formula is C21H23ClN2O. The summed E-state index contributed by atoms with van der Waals surface area (Å²) in [5, 5.41) is 15.6. The van der Waals surface area contributed by atoms with E-state index >= 15 is 0 Å². The third kappa shape index (κ3) is 4.31. The molecule has 0 fully saturated rings. The maximum Gasteiger partial charge on any atom is 0.0933 e. The molecule has 0 bridgehead atoms. The van der Waals surface area contributed by atoms with Gasteiger partial charge in [-0.25, -0.2) is 5.43 Å². The molecule has 25 heavy (non-hydrogen) atoms. The molecule has 0 radical (unpaired) electrons. The summed E-state index contributed by atoms with van der Waals surface area (Å²) in [6, 6.07) is 22.0. The van der Waals surface area contributed by atoms with Crippen molar-refractivity contribution in [3.8, 4) is 0 Å². The van der Waals surface area contributed by atoms with Gasteiger partial charge in [0.05, 0.1) is 11.8 Å². The maximum atomic E-state index is 10.5. The molecule has 3 rings (SSSR count). The summed E-state index contributed by atoms with van der Waals surface area (Å²) in [7, 11) is 0. The van der Waals surface area contributed by atoms with E-state index in [-0.39, 0.29) is 0 Å². The van der Waals surface area contributed by atoms with Gasteiger partial charge in [0, 0.05) is 23.5 Å². The molecule has 4 heteroatoms. The second kappa shape index (κ2) is 8.34. The first-order chi connectivity index (χ1) is 12.2. The number of benzene rings is 3. The zero-order chi connectivity index (χ0) is 17.6. The Morgan fingerprint density at radius 2 is 1.80 bits per heavy atom. The summed E-state index contributed by atoms with van der Waals surface area (Å²) in [6.45, 7) is 3.42. The van der Waals surface area contributed by atoms with Crippen LogP contribution in [0.4, 0.5) is 5.69 Å². The number of fused-ring (bicyclic) bond motifs is 1. The fraction of sp³-hybridized carbons (Fsp3) is 0.238. The van der Waals surface area contributed by atoms with E-state index in [1.807, 2.05) is 24.3 Å². The van der Waals surface area contributed by atoms with E-state index in [1.165, 1.54) is 10.8 Å². The molecule has 0 spiro atoms. The Kier molecular flexibility index (Phi) is 5.92. The van der Waals surface area contributed by atoms with Gasteiger partial charge in [-0.05, 0) is 35.6 Å². The van der Waals surface area contributed by atoms with Crippen LogP contribution in [0.5, 0.6) is 0 Å². The van der Waals surface area contributed by atoms with E-state index in [4.69, 9.17) is 11.6 Å². The second-order valence-electron chi connectivity index (χ2n) is 6.08. The molecule has 3 aromatic rings. The zero-order valence-corrected chi connectivity index (χ0v) is 15.1. The molecule has 0 amide bonds. The Balaban J connectivity index is 1.79. The van der Waals surface area contributed by atoms with Crippen molar-refractivity contribution in [1.82, 2.24) is 5.43 Å². The number of hydrazine groups is 1. The van der Waals surface area contributed by atoms with E-state index < -0.39 is 6.10 Å². The van der Waals surface area contributed by atoms with E-state index in [0.29, 0.717) is 11.6 Å². The molecule has 1 atom stereocenters. The van der Waals surface area contributed by atoms with Crippen molar-refractivity contribution in [2.45, 2.75) is 19.4 Å². The normalized spacial score (nSPS) is 12.3. The molecule has 0 heterocycles. The molecule has 0 saturated carbocycles. The number of aliphatic hydroxyl groups excluding tert-OH is 1. The minimum absolute atomic E-state index is 0.420. The first-order valence-electron chi connectivity index (χ1n) is 8.61. The third-order valence-electron chi connectivity index (χ3n) is 4.21. The lowest BCUT2D eigenvalue weighted by atomic mass is 10.1. The topological polar surface area (TPSA) is 35.5 Å². The summed E-state index contributed by atoms with van der Waals surface area (Å²) in [5.41, 5.74) is 5.32. The number of hydrogen-bond acceptors (Lipinski definition) is 3. The molecule has 2 N–H and O–H groups in total. The molecular weight excluding hydrogens is 332 g/mol. The fourth-order valence-corrected chi connectivity index (χ4v) is 3.18. The Morgan fingerprint density at radius 3 is 2.60 bits per heavy atom. The first-order valence-corrected chi connectivity index (χ1v) is 8.99. The van der Waals surface area contributed by atoms with Crippen LogP contribution in [0.25, 0.3) is 10.8 Å². The van der Waals surface area contributed by atoms with Gasteiger partial charge in [0.15, 0.2) is 0 Å². The summed E-state index contributed by atoms with van der Waals surface area (Å²) in [4.78, 5) is 0. The van der Waals surface area contributed by atoms with Gasteiger partial charge in [-0.2, -0.15) is 0 Å². The number of halogens is 1. The van der Waals surface area contributed by atoms with Crippen molar-refractivity contribution in [2.75, 3.05) is 18.1 Å². The molecule has 0 saturated heterocycles. The molecule has 3 nitrogen and oxygen atoms in total. The molecule has 0 aliphatic rings. The van der Waals surface area contributed by atoms with E-state index in [0.717, 1.165) is 24.2 Å². The monoisotopic (exact) mass is 354 g/mol. The number of aliphatic hydroxyl groups is 1. The van der Waals surface area contributed by atoms with Crippen LogP contribution in [0.1, 0.15) is 25.0 Å². The summed E-state index contributed by atoms with van der Waals surface area (Å²) < 4.78 is 0. The van der Waals surface area contributed by atoms with Gasteiger partial charge in [-0.1, -0.05) is 67.1 Å². The third-order valence-corrected chi connectivity index (χ3v) is 4.45. The number of anilines is 1. The van der Waals surface area contributed by atoms with Crippen molar-refractivity contribution in [3.05, 3.63) is 77.3 Å². The Bertz CT molecular complexity index is 831. The number of nitrogens with zero attached hydrogens (tertiary/aromatic N) is 1. The minimum atomic E-state index is -0.618. The smallest absolute Gasteiger partial charge is 0.0933 e. The number of nitrogens with one attached hydrogen (secondary N) is 1. The molecule has 0 aromatic heterocycles. The van der Waals surface area contributed by atoms with Gasteiger partial charge in [-0.3, -0.25) is 0 Å². The summed E-state index contributed by atoms with van der Waals surface area (Å²) >= 11 is 6.02. The average Bonchev–Trinajstić information content (AvgIpc) is 2.64. The lowest BCUT2D eigenvalue weighted by Crippen LogP contribution is -2.41. The Labute approximate surface area is 153 Å². The highest BCUT2D eigenvalue weighted by Crippen LogP contribution is 2.26.